The molecular weight excluding hydrogens is 1280 g/mol. The summed E-state index contributed by atoms with van der Waals surface area (Å²) < 4.78 is 68.6. The van der Waals surface area contributed by atoms with E-state index in [1.54, 1.807) is 0 Å². The van der Waals surface area contributed by atoms with Gasteiger partial charge in [-0.05, 0) is 25.7 Å². The summed E-state index contributed by atoms with van der Waals surface area (Å²) in [6.07, 6.45) is 65.2. The third kappa shape index (κ3) is 72.4. The zero-order chi connectivity index (χ0) is 71.8. The molecule has 0 saturated carbocycles. The Hall–Kier alpha value is -1.94. The molecule has 0 aliphatic rings. The van der Waals surface area contributed by atoms with Crippen LogP contribution in [0.4, 0.5) is 0 Å². The van der Waals surface area contributed by atoms with Gasteiger partial charge in [0.25, 0.3) is 0 Å². The van der Waals surface area contributed by atoms with Crippen LogP contribution in [0.3, 0.4) is 0 Å². The molecule has 3 N–H and O–H groups in total. The first-order chi connectivity index (χ1) is 47.7. The molecule has 0 aromatic heterocycles. The summed E-state index contributed by atoms with van der Waals surface area (Å²) in [7, 11) is -9.91. The van der Waals surface area contributed by atoms with E-state index in [9.17, 15) is 43.2 Å². The summed E-state index contributed by atoms with van der Waals surface area (Å²) in [6.45, 7) is 5.00. The summed E-state index contributed by atoms with van der Waals surface area (Å²) >= 11 is 0. The second-order valence-electron chi connectivity index (χ2n) is 28.5. The molecule has 0 saturated heterocycles. The number of hydrogen-bond acceptors (Lipinski definition) is 15. The van der Waals surface area contributed by atoms with E-state index in [-0.39, 0.29) is 25.7 Å². The van der Waals surface area contributed by atoms with Crippen molar-refractivity contribution in [2.45, 2.75) is 444 Å². The molecule has 0 aromatic carbocycles. The quantitative estimate of drug-likeness (QED) is 0.0222. The molecule has 19 heteroatoms. The van der Waals surface area contributed by atoms with Gasteiger partial charge in [0.05, 0.1) is 26.4 Å². The number of hydrogen-bond donors (Lipinski definition) is 3. The number of phosphoric ester groups is 2. The van der Waals surface area contributed by atoms with Gasteiger partial charge in [0.1, 0.15) is 19.3 Å². The van der Waals surface area contributed by atoms with E-state index in [1.165, 1.54) is 257 Å². The number of rotatable bonds is 80. The number of phosphoric acid groups is 2. The molecule has 0 aromatic rings. The average molecular weight is 1440 g/mol. The summed E-state index contributed by atoms with van der Waals surface area (Å²) in [6, 6.07) is 0. The summed E-state index contributed by atoms with van der Waals surface area (Å²) in [4.78, 5) is 72.9. The lowest BCUT2D eigenvalue weighted by molar-refractivity contribution is -0.161. The van der Waals surface area contributed by atoms with E-state index < -0.39 is 97.5 Å². The molecule has 582 valence electrons. The molecule has 0 aliphatic heterocycles. The fraction of sp³-hybridized carbons (Fsp3) is 0.949. The normalized spacial score (nSPS) is 13.8. The number of esters is 4. The van der Waals surface area contributed by atoms with Gasteiger partial charge in [-0.15, -0.1) is 0 Å². The topological polar surface area (TPSA) is 237 Å². The maximum absolute atomic E-state index is 13.1. The lowest BCUT2D eigenvalue weighted by atomic mass is 10.0. The van der Waals surface area contributed by atoms with Gasteiger partial charge in [0, 0.05) is 25.7 Å². The van der Waals surface area contributed by atoms with Gasteiger partial charge in [-0.25, -0.2) is 9.13 Å². The van der Waals surface area contributed by atoms with Crippen LogP contribution in [0.5, 0.6) is 0 Å². The van der Waals surface area contributed by atoms with Crippen LogP contribution in [-0.4, -0.2) is 96.7 Å². The van der Waals surface area contributed by atoms with Gasteiger partial charge >= 0.3 is 39.5 Å². The minimum atomic E-state index is -4.96. The van der Waals surface area contributed by atoms with Crippen LogP contribution < -0.4 is 0 Å². The Morgan fingerprint density at radius 2 is 0.408 bits per heavy atom. The Morgan fingerprint density at radius 3 is 0.602 bits per heavy atom. The van der Waals surface area contributed by atoms with Gasteiger partial charge in [-0.3, -0.25) is 37.3 Å². The molecule has 17 nitrogen and oxygen atoms in total. The highest BCUT2D eigenvalue weighted by Gasteiger charge is 2.30. The van der Waals surface area contributed by atoms with E-state index >= 15 is 0 Å². The minimum Gasteiger partial charge on any atom is -0.462 e. The first kappa shape index (κ1) is 96.1. The molecule has 98 heavy (non-hydrogen) atoms. The van der Waals surface area contributed by atoms with Crippen LogP contribution in [-0.2, 0) is 65.4 Å². The molecule has 0 radical (unpaired) electrons. The van der Waals surface area contributed by atoms with E-state index in [0.29, 0.717) is 25.7 Å². The van der Waals surface area contributed by atoms with Crippen molar-refractivity contribution < 1.29 is 80.2 Å². The molecule has 0 fully saturated rings. The van der Waals surface area contributed by atoms with Crippen molar-refractivity contribution in [2.75, 3.05) is 39.6 Å². The van der Waals surface area contributed by atoms with Gasteiger partial charge in [-0.2, -0.15) is 0 Å². The number of aliphatic hydroxyl groups excluding tert-OH is 1. The second-order valence-corrected chi connectivity index (χ2v) is 31.4. The van der Waals surface area contributed by atoms with E-state index in [1.807, 2.05) is 0 Å². The highest BCUT2D eigenvalue weighted by molar-refractivity contribution is 7.47. The summed E-state index contributed by atoms with van der Waals surface area (Å²) in [5.41, 5.74) is 0. The predicted octanol–water partition coefficient (Wildman–Crippen LogP) is 23.8. The van der Waals surface area contributed by atoms with E-state index in [4.69, 9.17) is 37.0 Å². The van der Waals surface area contributed by atoms with E-state index in [0.717, 1.165) is 89.9 Å². The number of unbranched alkanes of at least 4 members (excludes halogenated alkanes) is 54. The van der Waals surface area contributed by atoms with Crippen molar-refractivity contribution in [1.29, 1.82) is 0 Å². The van der Waals surface area contributed by atoms with Crippen LogP contribution in [0.15, 0.2) is 0 Å². The molecule has 5 atom stereocenters. The highest BCUT2D eigenvalue weighted by atomic mass is 31.2. The number of ether oxygens (including phenoxy) is 4. The Balaban J connectivity index is 5.18. The molecule has 0 bridgehead atoms. The number of carbonyl (C=O) groups excluding carboxylic acids is 4. The van der Waals surface area contributed by atoms with Crippen LogP contribution in [0, 0.1) is 0 Å². The highest BCUT2D eigenvalue weighted by Crippen LogP contribution is 2.45. The van der Waals surface area contributed by atoms with Gasteiger partial charge in [-0.1, -0.05) is 374 Å². The van der Waals surface area contributed by atoms with Crippen molar-refractivity contribution in [2.24, 2.45) is 0 Å². The SMILES string of the molecule is CCCCCCCCCCCCCCCCCCCCCCCCC(=O)O[C@H](COC(=O)CCCCCCCCCCCCCCCC)COP(=O)(O)OC[C@@H](O)COP(=O)(O)OC[C@@H](COC(=O)CCCCCCCCCCCC)OC(=O)CCCCCCCCCCCCCC. The molecular formula is C79H154O17P2. The van der Waals surface area contributed by atoms with Crippen LogP contribution in [0.2, 0.25) is 0 Å². The minimum absolute atomic E-state index is 0.108. The third-order valence-corrected chi connectivity index (χ3v) is 20.5. The molecule has 0 rings (SSSR count). The summed E-state index contributed by atoms with van der Waals surface area (Å²) in [5.74, 6) is -2.11. The summed E-state index contributed by atoms with van der Waals surface area (Å²) in [5, 5.41) is 10.6. The van der Waals surface area contributed by atoms with Crippen molar-refractivity contribution in [3.8, 4) is 0 Å². The zero-order valence-corrected chi connectivity index (χ0v) is 65.6. The zero-order valence-electron chi connectivity index (χ0n) is 63.8. The third-order valence-electron chi connectivity index (χ3n) is 18.6. The first-order valence-electron chi connectivity index (χ1n) is 41.3. The maximum atomic E-state index is 13.1. The Morgan fingerprint density at radius 1 is 0.245 bits per heavy atom. The monoisotopic (exact) mass is 1440 g/mol. The largest absolute Gasteiger partial charge is 0.472 e. The van der Waals surface area contributed by atoms with Gasteiger partial charge < -0.3 is 33.8 Å². The first-order valence-corrected chi connectivity index (χ1v) is 44.3. The van der Waals surface area contributed by atoms with Crippen molar-refractivity contribution in [1.82, 2.24) is 0 Å². The van der Waals surface area contributed by atoms with Crippen LogP contribution in [0.25, 0.3) is 0 Å². The number of carbonyl (C=O) groups is 4. The van der Waals surface area contributed by atoms with Crippen molar-refractivity contribution >= 4 is 39.5 Å². The lowest BCUT2D eigenvalue weighted by Crippen LogP contribution is -2.30. The Bertz CT molecular complexity index is 1860. The number of aliphatic hydroxyl groups is 1. The Labute approximate surface area is 600 Å². The van der Waals surface area contributed by atoms with Crippen LogP contribution in [0.1, 0.15) is 426 Å². The maximum Gasteiger partial charge on any atom is 0.472 e. The molecule has 0 heterocycles. The van der Waals surface area contributed by atoms with E-state index in [2.05, 4.69) is 27.7 Å². The average Bonchev–Trinajstić information content (AvgIpc) is 1.02. The lowest BCUT2D eigenvalue weighted by Gasteiger charge is -2.21. The van der Waals surface area contributed by atoms with Crippen molar-refractivity contribution in [3.63, 3.8) is 0 Å². The fourth-order valence-corrected chi connectivity index (χ4v) is 13.9. The van der Waals surface area contributed by atoms with Crippen molar-refractivity contribution in [3.05, 3.63) is 0 Å². The molecule has 0 amide bonds. The van der Waals surface area contributed by atoms with Gasteiger partial charge in [0.15, 0.2) is 12.2 Å². The predicted molar refractivity (Wildman–Crippen MR) is 400 cm³/mol. The fourth-order valence-electron chi connectivity index (χ4n) is 12.3. The molecule has 2 unspecified atom stereocenters. The smallest absolute Gasteiger partial charge is 0.462 e. The second kappa shape index (κ2) is 73.4. The van der Waals surface area contributed by atoms with Gasteiger partial charge in [0.2, 0.25) is 0 Å². The molecule has 0 aliphatic carbocycles. The van der Waals surface area contributed by atoms with Crippen LogP contribution >= 0.6 is 15.6 Å². The molecule has 0 spiro atoms. The Kier molecular flexibility index (Phi) is 71.9. The standard InChI is InChI=1S/C79H154O17P2/c1-5-9-13-17-21-25-29-32-34-35-36-37-38-39-40-41-43-46-50-54-58-62-66-79(84)96-75(70-90-77(82)64-60-56-52-48-45-42-33-30-26-22-18-14-10-6-2)72-94-98(87,88)92-68-73(80)67-91-97(85,86)93-71-74(69-89-76(81)63-59-55-51-47-28-24-20-16-12-8-4)95-78(83)65-61-57-53-49-44-31-27-23-19-15-11-7-3/h73-75,80H,5-72H2,1-4H3,(H,85,86)(H,87,88)/t73-,74+,75+/m0/s1.